The van der Waals surface area contributed by atoms with Crippen molar-refractivity contribution in [2.24, 2.45) is 0 Å². The second kappa shape index (κ2) is 10.6. The molecule has 224 valence electrons. The Labute approximate surface area is 278 Å². The Morgan fingerprint density at radius 1 is 0.250 bits per heavy atom. The van der Waals surface area contributed by atoms with Crippen LogP contribution in [-0.4, -0.2) is 9.13 Å². The summed E-state index contributed by atoms with van der Waals surface area (Å²) in [5.41, 5.74) is 12.1. The first-order valence-electron chi connectivity index (χ1n) is 16.5. The van der Waals surface area contributed by atoms with E-state index in [1.165, 1.54) is 76.6 Å². The van der Waals surface area contributed by atoms with E-state index in [4.69, 9.17) is 0 Å². The van der Waals surface area contributed by atoms with Gasteiger partial charge >= 0.3 is 0 Å². The van der Waals surface area contributed by atoms with Gasteiger partial charge in [-0.2, -0.15) is 0 Å². The molecular weight excluding hydrogens is 581 g/mol. The van der Waals surface area contributed by atoms with E-state index in [2.05, 4.69) is 191 Å². The van der Waals surface area contributed by atoms with Crippen LogP contribution in [0.5, 0.6) is 0 Å². The standard InChI is InChI=1S/C46H30N2/c1-3-13-31(14-4-1)33-23-27-35(28-24-33)47-41-21-11-9-19-39(41)43-44-40-20-10-12-22-42(40)48(46(44)38-18-8-7-17-37(38)45(43)47)36-29-25-34(26-30-36)32-15-5-2-6-16-32/h1-30H. The summed E-state index contributed by atoms with van der Waals surface area (Å²) in [6.45, 7) is 0. The number of benzene rings is 8. The van der Waals surface area contributed by atoms with E-state index in [1.54, 1.807) is 0 Å². The molecule has 0 N–H and O–H groups in total. The molecule has 8 aromatic carbocycles. The largest absolute Gasteiger partial charge is 0.309 e. The Bertz CT molecular complexity index is 2590. The number of hydrogen-bond acceptors (Lipinski definition) is 0. The molecule has 0 saturated heterocycles. The van der Waals surface area contributed by atoms with Gasteiger partial charge in [0.1, 0.15) is 0 Å². The zero-order valence-corrected chi connectivity index (χ0v) is 26.2. The second-order valence-electron chi connectivity index (χ2n) is 12.5. The maximum Gasteiger partial charge on any atom is 0.0627 e. The van der Waals surface area contributed by atoms with Gasteiger partial charge in [0.15, 0.2) is 0 Å². The van der Waals surface area contributed by atoms with Crippen LogP contribution in [0.3, 0.4) is 0 Å². The van der Waals surface area contributed by atoms with Gasteiger partial charge in [-0.3, -0.25) is 0 Å². The Balaban J connectivity index is 1.32. The van der Waals surface area contributed by atoms with Crippen molar-refractivity contribution in [3.05, 3.63) is 182 Å². The summed E-state index contributed by atoms with van der Waals surface area (Å²) in [4.78, 5) is 0. The van der Waals surface area contributed by atoms with Gasteiger partial charge in [0, 0.05) is 43.7 Å². The third kappa shape index (κ3) is 3.93. The van der Waals surface area contributed by atoms with E-state index in [1.807, 2.05) is 0 Å². The average Bonchev–Trinajstić information content (AvgIpc) is 3.70. The summed E-state index contributed by atoms with van der Waals surface area (Å²) < 4.78 is 4.95. The molecule has 0 aliphatic heterocycles. The van der Waals surface area contributed by atoms with Gasteiger partial charge in [-0.25, -0.2) is 0 Å². The van der Waals surface area contributed by atoms with Crippen LogP contribution in [0, 0.1) is 0 Å². The fraction of sp³-hybridized carbons (Fsp3) is 0. The maximum atomic E-state index is 2.47. The quantitative estimate of drug-likeness (QED) is 0.188. The highest BCUT2D eigenvalue weighted by molar-refractivity contribution is 6.37. The van der Waals surface area contributed by atoms with Crippen LogP contribution in [0.1, 0.15) is 0 Å². The molecule has 2 heterocycles. The van der Waals surface area contributed by atoms with Crippen LogP contribution >= 0.6 is 0 Å². The fourth-order valence-corrected chi connectivity index (χ4v) is 7.80. The lowest BCUT2D eigenvalue weighted by Crippen LogP contribution is -1.97. The van der Waals surface area contributed by atoms with Crippen molar-refractivity contribution in [1.29, 1.82) is 0 Å². The molecule has 0 unspecified atom stereocenters. The van der Waals surface area contributed by atoms with Crippen LogP contribution in [0.25, 0.3) is 88.0 Å². The van der Waals surface area contributed by atoms with E-state index in [-0.39, 0.29) is 0 Å². The lowest BCUT2D eigenvalue weighted by atomic mass is 9.99. The molecule has 48 heavy (non-hydrogen) atoms. The molecule has 2 aromatic heterocycles. The number of nitrogens with zero attached hydrogens (tertiary/aromatic N) is 2. The zero-order chi connectivity index (χ0) is 31.6. The molecule has 0 aliphatic carbocycles. The molecule has 0 aliphatic rings. The minimum Gasteiger partial charge on any atom is -0.309 e. The smallest absolute Gasteiger partial charge is 0.0627 e. The van der Waals surface area contributed by atoms with Gasteiger partial charge in [-0.1, -0.05) is 146 Å². The van der Waals surface area contributed by atoms with Crippen molar-refractivity contribution >= 4 is 54.4 Å². The second-order valence-corrected chi connectivity index (χ2v) is 12.5. The van der Waals surface area contributed by atoms with Crippen LogP contribution in [0.4, 0.5) is 0 Å². The number of hydrogen-bond donors (Lipinski definition) is 0. The zero-order valence-electron chi connectivity index (χ0n) is 26.2. The molecule has 0 saturated carbocycles. The van der Waals surface area contributed by atoms with Crippen LogP contribution in [-0.2, 0) is 0 Å². The van der Waals surface area contributed by atoms with Crippen LogP contribution < -0.4 is 0 Å². The Morgan fingerprint density at radius 3 is 0.958 bits per heavy atom. The molecular formula is C46H30N2. The van der Waals surface area contributed by atoms with E-state index in [9.17, 15) is 0 Å². The summed E-state index contributed by atoms with van der Waals surface area (Å²) >= 11 is 0. The summed E-state index contributed by atoms with van der Waals surface area (Å²) in [5.74, 6) is 0. The van der Waals surface area contributed by atoms with E-state index >= 15 is 0 Å². The minimum atomic E-state index is 1.16. The van der Waals surface area contributed by atoms with Crippen molar-refractivity contribution in [1.82, 2.24) is 9.13 Å². The predicted octanol–water partition coefficient (Wildman–Crippen LogP) is 12.4. The van der Waals surface area contributed by atoms with Crippen molar-refractivity contribution in [2.75, 3.05) is 0 Å². The maximum absolute atomic E-state index is 2.47. The third-order valence-corrected chi connectivity index (χ3v) is 9.90. The van der Waals surface area contributed by atoms with Crippen molar-refractivity contribution < 1.29 is 0 Å². The van der Waals surface area contributed by atoms with Gasteiger partial charge in [-0.15, -0.1) is 0 Å². The number of para-hydroxylation sites is 2. The average molecular weight is 611 g/mol. The first-order valence-corrected chi connectivity index (χ1v) is 16.5. The lowest BCUT2D eigenvalue weighted by Gasteiger charge is -2.14. The van der Waals surface area contributed by atoms with Crippen LogP contribution in [0.2, 0.25) is 0 Å². The molecule has 0 amide bonds. The Hall–Kier alpha value is -6.38. The molecule has 2 heteroatoms. The summed E-state index contributed by atoms with van der Waals surface area (Å²) in [7, 11) is 0. The van der Waals surface area contributed by atoms with Crippen LogP contribution in [0.15, 0.2) is 182 Å². The fourth-order valence-electron chi connectivity index (χ4n) is 7.80. The normalized spacial score (nSPS) is 11.8. The third-order valence-electron chi connectivity index (χ3n) is 9.90. The van der Waals surface area contributed by atoms with E-state index in [0.29, 0.717) is 0 Å². The molecule has 2 nitrogen and oxygen atoms in total. The lowest BCUT2D eigenvalue weighted by molar-refractivity contribution is 1.18. The number of fused-ring (bicyclic) bond motifs is 10. The number of rotatable bonds is 4. The summed E-state index contributed by atoms with van der Waals surface area (Å²) in [5, 5.41) is 7.60. The highest BCUT2D eigenvalue weighted by atomic mass is 15.0. The monoisotopic (exact) mass is 610 g/mol. The molecule has 0 radical (unpaired) electrons. The van der Waals surface area contributed by atoms with E-state index in [0.717, 1.165) is 11.4 Å². The minimum absolute atomic E-state index is 1.16. The first kappa shape index (κ1) is 26.8. The highest BCUT2D eigenvalue weighted by Crippen LogP contribution is 2.47. The number of aromatic nitrogens is 2. The highest BCUT2D eigenvalue weighted by Gasteiger charge is 2.24. The van der Waals surface area contributed by atoms with Gasteiger partial charge in [0.2, 0.25) is 0 Å². The molecule has 10 rings (SSSR count). The van der Waals surface area contributed by atoms with Gasteiger partial charge in [0.05, 0.1) is 22.1 Å². The van der Waals surface area contributed by atoms with Crippen molar-refractivity contribution in [3.8, 4) is 33.6 Å². The molecule has 0 fully saturated rings. The van der Waals surface area contributed by atoms with Gasteiger partial charge in [-0.05, 0) is 58.7 Å². The first-order chi connectivity index (χ1) is 23.8. The van der Waals surface area contributed by atoms with Gasteiger partial charge in [0.25, 0.3) is 0 Å². The Morgan fingerprint density at radius 2 is 0.562 bits per heavy atom. The van der Waals surface area contributed by atoms with Crippen molar-refractivity contribution in [2.45, 2.75) is 0 Å². The SMILES string of the molecule is c1ccc(-c2ccc(-n3c4ccccc4c4c5c6ccccc6n(-c6ccc(-c7ccccc7)cc6)c5c5ccccc5c43)cc2)cc1. The van der Waals surface area contributed by atoms with E-state index < -0.39 is 0 Å². The molecule has 10 aromatic rings. The topological polar surface area (TPSA) is 9.86 Å². The summed E-state index contributed by atoms with van der Waals surface area (Å²) in [6, 6.07) is 66.0. The summed E-state index contributed by atoms with van der Waals surface area (Å²) in [6.07, 6.45) is 0. The molecule has 0 atom stereocenters. The van der Waals surface area contributed by atoms with Gasteiger partial charge < -0.3 is 9.13 Å². The molecule has 0 bridgehead atoms. The molecule has 0 spiro atoms. The Kier molecular flexibility index (Phi) is 5.91. The predicted molar refractivity (Wildman–Crippen MR) is 203 cm³/mol. The van der Waals surface area contributed by atoms with Crippen molar-refractivity contribution in [3.63, 3.8) is 0 Å².